The summed E-state index contributed by atoms with van der Waals surface area (Å²) < 4.78 is 2.65. The molecule has 1 aromatic heterocycles. The van der Waals surface area contributed by atoms with Crippen LogP contribution in [0.4, 0.5) is 0 Å². The highest BCUT2D eigenvalue weighted by Crippen LogP contribution is 2.20. The number of hydrogen-bond acceptors (Lipinski definition) is 3. The maximum Gasteiger partial charge on any atom is 0.348 e. The lowest BCUT2D eigenvalue weighted by atomic mass is 9.98. The minimum Gasteiger partial charge on any atom is -0.295 e. The number of hydrogen-bond donors (Lipinski definition) is 1. The van der Waals surface area contributed by atoms with Gasteiger partial charge in [0.15, 0.2) is 0 Å². The van der Waals surface area contributed by atoms with Crippen molar-refractivity contribution < 1.29 is 0 Å². The van der Waals surface area contributed by atoms with Crippen LogP contribution in [0.25, 0.3) is 0 Å². The summed E-state index contributed by atoms with van der Waals surface area (Å²) in [6.45, 7) is 8.75. The van der Waals surface area contributed by atoms with E-state index in [-0.39, 0.29) is 5.69 Å². The Balaban J connectivity index is 3.15. The van der Waals surface area contributed by atoms with E-state index in [1.807, 2.05) is 13.8 Å². The van der Waals surface area contributed by atoms with Crippen LogP contribution in [0.2, 0.25) is 0 Å². The molecule has 0 amide bonds. The molecule has 5 heteroatoms. The van der Waals surface area contributed by atoms with Gasteiger partial charge >= 0.3 is 5.69 Å². The molecule has 0 saturated heterocycles. The summed E-state index contributed by atoms with van der Waals surface area (Å²) in [6, 6.07) is 0. The molecular weight excluding hydrogens is 300 g/mol. The van der Waals surface area contributed by atoms with Crippen LogP contribution >= 0.6 is 28.6 Å². The van der Waals surface area contributed by atoms with Crippen LogP contribution in [0.5, 0.6) is 0 Å². The van der Waals surface area contributed by atoms with Crippen LogP contribution in [0.3, 0.4) is 0 Å². The van der Waals surface area contributed by atoms with Crippen molar-refractivity contribution in [2.75, 3.05) is 5.75 Å². The minimum atomic E-state index is -0.171. The van der Waals surface area contributed by atoms with E-state index in [4.69, 9.17) is 0 Å². The molecule has 1 rings (SSSR count). The van der Waals surface area contributed by atoms with Gasteiger partial charge in [0.2, 0.25) is 0 Å². The van der Waals surface area contributed by atoms with Crippen LogP contribution in [-0.4, -0.2) is 15.3 Å². The minimum absolute atomic E-state index is 0.171. The molecule has 1 heterocycles. The van der Waals surface area contributed by atoms with E-state index in [0.29, 0.717) is 18.4 Å². The number of aryl methyl sites for hydroxylation is 1. The third kappa shape index (κ3) is 3.35. The number of thiol groups is 1. The predicted octanol–water partition coefficient (Wildman–Crippen LogP) is 2.82. The van der Waals surface area contributed by atoms with Gasteiger partial charge in [0.25, 0.3) is 0 Å². The summed E-state index contributed by atoms with van der Waals surface area (Å²) in [5.74, 6) is 1.65. The molecule has 1 unspecified atom stereocenters. The Kier molecular flexibility index (Phi) is 5.25. The molecule has 3 nitrogen and oxygen atoms in total. The summed E-state index contributed by atoms with van der Waals surface area (Å²) in [5, 5.41) is 0. The summed E-state index contributed by atoms with van der Waals surface area (Å²) in [7, 11) is 0. The van der Waals surface area contributed by atoms with E-state index in [0.717, 1.165) is 21.6 Å². The van der Waals surface area contributed by atoms with Crippen molar-refractivity contribution in [3.8, 4) is 0 Å². The maximum atomic E-state index is 11.9. The Morgan fingerprint density at radius 2 is 2.00 bits per heavy atom. The fraction of sp³-hybridized carbons (Fsp3) is 0.667. The lowest BCUT2D eigenvalue weighted by Crippen LogP contribution is -2.31. The normalized spacial score (nSPS) is 13.1. The first kappa shape index (κ1) is 14.8. The Hall–Kier alpha value is -0.290. The van der Waals surface area contributed by atoms with E-state index in [1.54, 1.807) is 4.57 Å². The molecule has 0 saturated carbocycles. The smallest absolute Gasteiger partial charge is 0.295 e. The van der Waals surface area contributed by atoms with Gasteiger partial charge in [-0.25, -0.2) is 4.79 Å². The Bertz CT molecular complexity index is 457. The molecule has 0 bridgehead atoms. The zero-order valence-electron chi connectivity index (χ0n) is 10.7. The van der Waals surface area contributed by atoms with Crippen LogP contribution in [0, 0.1) is 25.7 Å². The highest BCUT2D eigenvalue weighted by molar-refractivity contribution is 9.10. The molecular formula is C12H19BrN2OS. The van der Waals surface area contributed by atoms with Gasteiger partial charge < -0.3 is 0 Å². The van der Waals surface area contributed by atoms with Crippen LogP contribution < -0.4 is 5.69 Å². The third-order valence-corrected chi connectivity index (χ3v) is 4.75. The third-order valence-electron chi connectivity index (χ3n) is 3.13. The first-order valence-corrected chi connectivity index (χ1v) is 7.15. The molecule has 0 aliphatic heterocycles. The second-order valence-electron chi connectivity index (χ2n) is 4.68. The molecule has 0 fully saturated rings. The molecule has 1 atom stereocenters. The topological polar surface area (TPSA) is 34.9 Å². The average molecular weight is 319 g/mol. The molecule has 17 heavy (non-hydrogen) atoms. The van der Waals surface area contributed by atoms with E-state index >= 15 is 0 Å². The van der Waals surface area contributed by atoms with Crippen molar-refractivity contribution in [1.29, 1.82) is 0 Å². The number of rotatable bonds is 4. The zero-order valence-corrected chi connectivity index (χ0v) is 13.2. The lowest BCUT2D eigenvalue weighted by Gasteiger charge is -2.21. The summed E-state index contributed by atoms with van der Waals surface area (Å²) in [4.78, 5) is 15.9. The van der Waals surface area contributed by atoms with Crippen molar-refractivity contribution in [3.05, 3.63) is 26.3 Å². The van der Waals surface area contributed by atoms with Crippen molar-refractivity contribution in [1.82, 2.24) is 9.55 Å². The highest BCUT2D eigenvalue weighted by atomic mass is 79.9. The van der Waals surface area contributed by atoms with Gasteiger partial charge in [-0.3, -0.25) is 4.57 Å². The maximum absolute atomic E-state index is 11.9. The summed E-state index contributed by atoms with van der Waals surface area (Å²) in [6.07, 6.45) is 0. The first-order chi connectivity index (χ1) is 7.88. The average Bonchev–Trinajstić information content (AvgIpc) is 2.26. The van der Waals surface area contributed by atoms with Gasteiger partial charge in [0.05, 0.1) is 10.2 Å². The second kappa shape index (κ2) is 6.05. The number of halogens is 1. The van der Waals surface area contributed by atoms with Gasteiger partial charge in [0, 0.05) is 12.2 Å². The van der Waals surface area contributed by atoms with E-state index < -0.39 is 0 Å². The number of aromatic nitrogens is 2. The van der Waals surface area contributed by atoms with Crippen LogP contribution in [0.15, 0.2) is 9.27 Å². The SMILES string of the molecule is Cc1nc(=O)n(CC(CS)C(C)C)c(C)c1Br. The molecule has 0 spiro atoms. The Morgan fingerprint density at radius 1 is 1.41 bits per heavy atom. The summed E-state index contributed by atoms with van der Waals surface area (Å²) in [5.41, 5.74) is 1.52. The summed E-state index contributed by atoms with van der Waals surface area (Å²) >= 11 is 7.82. The number of nitrogens with zero attached hydrogens (tertiary/aromatic N) is 2. The van der Waals surface area contributed by atoms with Gasteiger partial charge in [-0.1, -0.05) is 13.8 Å². The van der Waals surface area contributed by atoms with Gasteiger partial charge in [-0.15, -0.1) is 0 Å². The molecule has 0 N–H and O–H groups in total. The van der Waals surface area contributed by atoms with Crippen LogP contribution in [0.1, 0.15) is 25.2 Å². The van der Waals surface area contributed by atoms with Crippen molar-refractivity contribution in [2.45, 2.75) is 34.2 Å². The fourth-order valence-corrected chi connectivity index (χ4v) is 2.55. The van der Waals surface area contributed by atoms with E-state index in [9.17, 15) is 4.79 Å². The molecule has 0 aliphatic rings. The van der Waals surface area contributed by atoms with Crippen molar-refractivity contribution in [2.24, 2.45) is 11.8 Å². The Labute approximate surface area is 116 Å². The molecule has 0 radical (unpaired) electrons. The second-order valence-corrected chi connectivity index (χ2v) is 5.83. The van der Waals surface area contributed by atoms with Crippen molar-refractivity contribution in [3.63, 3.8) is 0 Å². The molecule has 0 aliphatic carbocycles. The monoisotopic (exact) mass is 318 g/mol. The largest absolute Gasteiger partial charge is 0.348 e. The predicted molar refractivity (Wildman–Crippen MR) is 77.9 cm³/mol. The quantitative estimate of drug-likeness (QED) is 0.866. The first-order valence-electron chi connectivity index (χ1n) is 5.72. The van der Waals surface area contributed by atoms with Gasteiger partial charge in [-0.2, -0.15) is 17.6 Å². The zero-order chi connectivity index (χ0) is 13.2. The van der Waals surface area contributed by atoms with Gasteiger partial charge in [0.1, 0.15) is 0 Å². The lowest BCUT2D eigenvalue weighted by molar-refractivity contribution is 0.360. The van der Waals surface area contributed by atoms with Crippen LogP contribution in [-0.2, 0) is 6.54 Å². The fourth-order valence-electron chi connectivity index (χ4n) is 1.71. The van der Waals surface area contributed by atoms with E-state index in [2.05, 4.69) is 47.4 Å². The molecule has 96 valence electrons. The Morgan fingerprint density at radius 3 is 2.47 bits per heavy atom. The molecule has 0 aromatic carbocycles. The standard InChI is InChI=1S/C12H19BrN2OS/c1-7(2)10(6-17)5-15-9(4)11(13)8(3)14-12(15)16/h7,10,17H,5-6H2,1-4H3. The van der Waals surface area contributed by atoms with E-state index in [1.165, 1.54) is 0 Å². The highest BCUT2D eigenvalue weighted by Gasteiger charge is 2.16. The van der Waals surface area contributed by atoms with Crippen molar-refractivity contribution >= 4 is 28.6 Å². The van der Waals surface area contributed by atoms with Gasteiger partial charge in [-0.05, 0) is 47.4 Å². The molecule has 1 aromatic rings.